The summed E-state index contributed by atoms with van der Waals surface area (Å²) in [5.41, 5.74) is 4.62. The molecule has 4 nitrogen and oxygen atoms in total. The fourth-order valence-electron chi connectivity index (χ4n) is 3.52. The molecule has 3 aromatic rings. The first-order valence-electron chi connectivity index (χ1n) is 8.34. The average molecular weight is 348 g/mol. The van der Waals surface area contributed by atoms with Gasteiger partial charge in [-0.25, -0.2) is 0 Å². The summed E-state index contributed by atoms with van der Waals surface area (Å²) in [6.07, 6.45) is 3.94. The van der Waals surface area contributed by atoms with Gasteiger partial charge < -0.3 is 14.8 Å². The van der Waals surface area contributed by atoms with Gasteiger partial charge in [-0.2, -0.15) is 0 Å². The van der Waals surface area contributed by atoms with E-state index in [9.17, 15) is 0 Å². The molecule has 1 N–H and O–H groups in total. The van der Waals surface area contributed by atoms with Crippen LogP contribution in [0.1, 0.15) is 29.0 Å². The van der Waals surface area contributed by atoms with Crippen LogP contribution in [-0.2, 0) is 0 Å². The number of nitrogens with one attached hydrogen (secondary N) is 1. The summed E-state index contributed by atoms with van der Waals surface area (Å²) in [6, 6.07) is 18.8. The van der Waals surface area contributed by atoms with Crippen molar-refractivity contribution in [3.8, 4) is 5.69 Å². The summed E-state index contributed by atoms with van der Waals surface area (Å²) in [4.78, 5) is 6.68. The Hall–Kier alpha value is -2.66. The first-order valence-corrected chi connectivity index (χ1v) is 8.75. The number of hydrogen-bond acceptors (Lipinski definition) is 2. The molecule has 25 heavy (non-hydrogen) atoms. The minimum atomic E-state index is 0.0244. The van der Waals surface area contributed by atoms with Gasteiger partial charge in [0, 0.05) is 30.8 Å². The Morgan fingerprint density at radius 1 is 1.04 bits per heavy atom. The number of para-hydroxylation sites is 1. The average Bonchev–Trinajstić information content (AvgIpc) is 3.21. The molecule has 1 aliphatic heterocycles. The van der Waals surface area contributed by atoms with Gasteiger partial charge >= 0.3 is 0 Å². The maximum absolute atomic E-state index is 5.53. The number of likely N-dealkylation sites (N-methyl/N-ethyl adjacent to an activating group) is 1. The van der Waals surface area contributed by atoms with Crippen molar-refractivity contribution in [3.05, 3.63) is 83.9 Å². The van der Waals surface area contributed by atoms with E-state index in [4.69, 9.17) is 12.2 Å². The monoisotopic (exact) mass is 348 g/mol. The van der Waals surface area contributed by atoms with Crippen LogP contribution < -0.4 is 5.32 Å². The van der Waals surface area contributed by atoms with Crippen molar-refractivity contribution in [2.45, 2.75) is 19.0 Å². The Bertz CT molecular complexity index is 903. The van der Waals surface area contributed by atoms with Crippen LogP contribution in [0.5, 0.6) is 0 Å². The zero-order valence-corrected chi connectivity index (χ0v) is 15.1. The molecule has 3 heterocycles. The van der Waals surface area contributed by atoms with Gasteiger partial charge in [-0.15, -0.1) is 0 Å². The van der Waals surface area contributed by atoms with Gasteiger partial charge in [0.05, 0.1) is 17.8 Å². The lowest BCUT2D eigenvalue weighted by Gasteiger charge is -2.26. The van der Waals surface area contributed by atoms with Crippen molar-refractivity contribution in [2.75, 3.05) is 7.05 Å². The van der Waals surface area contributed by atoms with E-state index in [1.807, 2.05) is 31.4 Å². The molecular weight excluding hydrogens is 328 g/mol. The molecule has 1 fully saturated rings. The Kier molecular flexibility index (Phi) is 4.01. The second-order valence-corrected chi connectivity index (χ2v) is 6.71. The SMILES string of the molecule is Cc1ccccc1-n1cccc1[C@H]1[C@H](c2ccccn2)NC(=S)N1C. The summed E-state index contributed by atoms with van der Waals surface area (Å²) in [5.74, 6) is 0. The largest absolute Gasteiger partial charge is 0.352 e. The second-order valence-electron chi connectivity index (χ2n) is 6.33. The van der Waals surface area contributed by atoms with Crippen LogP contribution in [-0.4, -0.2) is 26.6 Å². The third kappa shape index (κ3) is 2.70. The zero-order valence-electron chi connectivity index (χ0n) is 14.3. The van der Waals surface area contributed by atoms with Crippen LogP contribution in [0, 0.1) is 6.92 Å². The first-order chi connectivity index (χ1) is 12.2. The molecule has 4 rings (SSSR count). The molecular formula is C20H20N4S. The highest BCUT2D eigenvalue weighted by atomic mass is 32.1. The van der Waals surface area contributed by atoms with Crippen molar-refractivity contribution in [3.63, 3.8) is 0 Å². The number of rotatable bonds is 3. The molecule has 0 amide bonds. The molecule has 0 spiro atoms. The lowest BCUT2D eigenvalue weighted by molar-refractivity contribution is 0.357. The van der Waals surface area contributed by atoms with Crippen LogP contribution in [0.25, 0.3) is 5.69 Å². The van der Waals surface area contributed by atoms with Crippen molar-refractivity contribution in [2.24, 2.45) is 0 Å². The smallest absolute Gasteiger partial charge is 0.169 e. The lowest BCUT2D eigenvalue weighted by Crippen LogP contribution is -2.26. The molecule has 2 atom stereocenters. The van der Waals surface area contributed by atoms with Crippen LogP contribution in [0.15, 0.2) is 67.0 Å². The van der Waals surface area contributed by atoms with Gasteiger partial charge in [0.2, 0.25) is 0 Å². The summed E-state index contributed by atoms with van der Waals surface area (Å²) in [5, 5.41) is 4.18. The van der Waals surface area contributed by atoms with Crippen molar-refractivity contribution in [1.82, 2.24) is 19.8 Å². The van der Waals surface area contributed by atoms with E-state index < -0.39 is 0 Å². The number of aromatic nitrogens is 2. The fourth-order valence-corrected chi connectivity index (χ4v) is 3.76. The molecule has 1 saturated heterocycles. The maximum Gasteiger partial charge on any atom is 0.169 e. The van der Waals surface area contributed by atoms with Crippen LogP contribution in [0.2, 0.25) is 0 Å². The van der Waals surface area contributed by atoms with E-state index in [0.29, 0.717) is 0 Å². The summed E-state index contributed by atoms with van der Waals surface area (Å²) >= 11 is 5.53. The van der Waals surface area contributed by atoms with E-state index in [1.54, 1.807) is 0 Å². The number of thiocarbonyl (C=S) groups is 1. The fraction of sp³-hybridized carbons (Fsp3) is 0.200. The first kappa shape index (κ1) is 15.8. The maximum atomic E-state index is 5.53. The number of aryl methyl sites for hydroxylation is 1. The molecule has 0 radical (unpaired) electrons. The molecule has 0 unspecified atom stereocenters. The van der Waals surface area contributed by atoms with E-state index in [1.165, 1.54) is 16.9 Å². The van der Waals surface area contributed by atoms with Gasteiger partial charge in [-0.05, 0) is 55.0 Å². The third-order valence-electron chi connectivity index (χ3n) is 4.80. The van der Waals surface area contributed by atoms with E-state index >= 15 is 0 Å². The second kappa shape index (κ2) is 6.33. The van der Waals surface area contributed by atoms with Gasteiger partial charge in [0.25, 0.3) is 0 Å². The molecule has 126 valence electrons. The lowest BCUT2D eigenvalue weighted by atomic mass is 10.0. The predicted molar refractivity (Wildman–Crippen MR) is 104 cm³/mol. The van der Waals surface area contributed by atoms with Crippen molar-refractivity contribution >= 4 is 17.3 Å². The summed E-state index contributed by atoms with van der Waals surface area (Å²) < 4.78 is 2.25. The number of nitrogens with zero attached hydrogens (tertiary/aromatic N) is 3. The molecule has 0 saturated carbocycles. The van der Waals surface area contributed by atoms with Crippen molar-refractivity contribution < 1.29 is 0 Å². The number of benzene rings is 1. The molecule has 1 aromatic carbocycles. The Labute approximate surface area is 153 Å². The van der Waals surface area contributed by atoms with Gasteiger partial charge in [0.15, 0.2) is 5.11 Å². The van der Waals surface area contributed by atoms with Crippen LogP contribution in [0.4, 0.5) is 0 Å². The molecule has 5 heteroatoms. The normalized spacial score (nSPS) is 19.9. The quantitative estimate of drug-likeness (QED) is 0.730. The minimum absolute atomic E-state index is 0.0244. The highest BCUT2D eigenvalue weighted by Gasteiger charge is 2.39. The third-order valence-corrected chi connectivity index (χ3v) is 5.20. The highest BCUT2D eigenvalue weighted by Crippen LogP contribution is 2.38. The molecule has 0 aliphatic carbocycles. The Morgan fingerprint density at radius 2 is 1.84 bits per heavy atom. The summed E-state index contributed by atoms with van der Waals surface area (Å²) in [7, 11) is 2.04. The molecule has 1 aliphatic rings. The van der Waals surface area contributed by atoms with E-state index in [0.717, 1.165) is 10.8 Å². The van der Waals surface area contributed by atoms with Gasteiger partial charge in [0.1, 0.15) is 0 Å². The van der Waals surface area contributed by atoms with Gasteiger partial charge in [-0.1, -0.05) is 24.3 Å². The highest BCUT2D eigenvalue weighted by molar-refractivity contribution is 7.80. The summed E-state index contributed by atoms with van der Waals surface area (Å²) in [6.45, 7) is 2.14. The molecule has 2 aromatic heterocycles. The van der Waals surface area contributed by atoms with Crippen molar-refractivity contribution in [1.29, 1.82) is 0 Å². The van der Waals surface area contributed by atoms with E-state index in [2.05, 4.69) is 69.3 Å². The zero-order chi connectivity index (χ0) is 17.4. The Morgan fingerprint density at radius 3 is 2.60 bits per heavy atom. The predicted octanol–water partition coefficient (Wildman–Crippen LogP) is 3.78. The Balaban J connectivity index is 1.82. The van der Waals surface area contributed by atoms with Crippen LogP contribution >= 0.6 is 12.2 Å². The topological polar surface area (TPSA) is 33.1 Å². The number of pyridine rings is 1. The van der Waals surface area contributed by atoms with Gasteiger partial charge in [-0.3, -0.25) is 4.98 Å². The number of hydrogen-bond donors (Lipinski definition) is 1. The minimum Gasteiger partial charge on any atom is -0.352 e. The van der Waals surface area contributed by atoms with Crippen LogP contribution in [0.3, 0.4) is 0 Å². The standard InChI is InChI=1S/C20H20N4S/c1-14-8-3-4-10-16(14)24-13-7-11-17(24)19-18(22-20(25)23(19)2)15-9-5-6-12-21-15/h3-13,18-19H,1-2H3,(H,22,25)/t18-,19-/m0/s1. The van der Waals surface area contributed by atoms with E-state index in [-0.39, 0.29) is 12.1 Å². The molecule has 0 bridgehead atoms.